The van der Waals surface area contributed by atoms with Gasteiger partial charge in [0, 0.05) is 11.3 Å². The van der Waals surface area contributed by atoms with Crippen LogP contribution in [0.1, 0.15) is 23.3 Å². The van der Waals surface area contributed by atoms with Crippen LogP contribution in [-0.4, -0.2) is 23.0 Å². The monoisotopic (exact) mass is 303 g/mol. The van der Waals surface area contributed by atoms with Crippen LogP contribution in [-0.2, 0) is 16.0 Å². The van der Waals surface area contributed by atoms with E-state index in [0.717, 1.165) is 10.4 Å². The highest BCUT2D eigenvalue weighted by Crippen LogP contribution is 2.21. The minimum absolute atomic E-state index is 0.263. The van der Waals surface area contributed by atoms with Crippen molar-refractivity contribution in [2.75, 3.05) is 0 Å². The van der Waals surface area contributed by atoms with Crippen LogP contribution in [0.3, 0.4) is 0 Å². The Morgan fingerprint density at radius 2 is 1.90 bits per heavy atom. The summed E-state index contributed by atoms with van der Waals surface area (Å²) in [5.41, 5.74) is 0.883. The zero-order valence-corrected chi connectivity index (χ0v) is 12.5. The first-order valence-corrected chi connectivity index (χ1v) is 7.56. The van der Waals surface area contributed by atoms with Crippen molar-refractivity contribution in [3.05, 3.63) is 58.3 Å². The number of carboxylic acid groups (broad SMARTS) is 1. The van der Waals surface area contributed by atoms with Gasteiger partial charge in [0.2, 0.25) is 5.91 Å². The Labute approximate surface area is 127 Å². The number of nitrogens with one attached hydrogen (secondary N) is 1. The third-order valence-corrected chi connectivity index (χ3v) is 4.32. The molecule has 0 saturated carbocycles. The molecule has 2 atom stereocenters. The van der Waals surface area contributed by atoms with Gasteiger partial charge in [0.05, 0.1) is 5.92 Å². The number of carbonyl (C=O) groups is 2. The molecule has 0 fully saturated rings. The zero-order chi connectivity index (χ0) is 15.2. The van der Waals surface area contributed by atoms with Gasteiger partial charge in [0.25, 0.3) is 0 Å². The van der Waals surface area contributed by atoms with Gasteiger partial charge in [-0.2, -0.15) is 0 Å². The van der Waals surface area contributed by atoms with E-state index in [4.69, 9.17) is 0 Å². The van der Waals surface area contributed by atoms with Crippen LogP contribution < -0.4 is 5.32 Å². The number of carbonyl (C=O) groups excluding carboxylic acids is 1. The van der Waals surface area contributed by atoms with E-state index in [1.165, 1.54) is 11.3 Å². The van der Waals surface area contributed by atoms with Gasteiger partial charge in [-0.25, -0.2) is 4.79 Å². The van der Waals surface area contributed by atoms with Gasteiger partial charge in [0.1, 0.15) is 6.04 Å². The predicted molar refractivity (Wildman–Crippen MR) is 82.4 cm³/mol. The Bertz CT molecular complexity index is 595. The SMILES string of the molecule is C[C@H](C(=O)N[C@@H](Cc1ccccc1)C(=O)O)c1cccs1. The van der Waals surface area contributed by atoms with E-state index in [0.29, 0.717) is 0 Å². The lowest BCUT2D eigenvalue weighted by Gasteiger charge is -2.17. The molecule has 0 unspecified atom stereocenters. The van der Waals surface area contributed by atoms with Crippen LogP contribution in [0.2, 0.25) is 0 Å². The summed E-state index contributed by atoms with van der Waals surface area (Å²) in [6, 6.07) is 12.1. The van der Waals surface area contributed by atoms with Crippen molar-refractivity contribution in [2.45, 2.75) is 25.3 Å². The summed E-state index contributed by atoms with van der Waals surface area (Å²) in [7, 11) is 0. The molecule has 5 heteroatoms. The van der Waals surface area contributed by atoms with Crippen molar-refractivity contribution in [1.29, 1.82) is 0 Å². The fraction of sp³-hybridized carbons (Fsp3) is 0.250. The van der Waals surface area contributed by atoms with Crippen molar-refractivity contribution in [3.63, 3.8) is 0 Å². The number of carboxylic acids is 1. The summed E-state index contributed by atoms with van der Waals surface area (Å²) in [6.07, 6.45) is 0.277. The smallest absolute Gasteiger partial charge is 0.326 e. The minimum atomic E-state index is -1.02. The first-order valence-electron chi connectivity index (χ1n) is 6.68. The van der Waals surface area contributed by atoms with Crippen LogP contribution >= 0.6 is 11.3 Å². The summed E-state index contributed by atoms with van der Waals surface area (Å²) in [5, 5.41) is 13.8. The molecule has 2 aromatic rings. The van der Waals surface area contributed by atoms with Crippen LogP contribution in [0.25, 0.3) is 0 Å². The molecule has 0 radical (unpaired) electrons. The van der Waals surface area contributed by atoms with E-state index < -0.39 is 12.0 Å². The predicted octanol–water partition coefficient (Wildman–Crippen LogP) is 2.66. The van der Waals surface area contributed by atoms with Crippen molar-refractivity contribution < 1.29 is 14.7 Å². The highest BCUT2D eigenvalue weighted by Gasteiger charge is 2.24. The summed E-state index contributed by atoms with van der Waals surface area (Å²) < 4.78 is 0. The molecule has 0 aliphatic rings. The number of hydrogen-bond donors (Lipinski definition) is 2. The number of hydrogen-bond acceptors (Lipinski definition) is 3. The van der Waals surface area contributed by atoms with Crippen LogP contribution in [0.4, 0.5) is 0 Å². The second kappa shape index (κ2) is 7.04. The standard InChI is InChI=1S/C16H17NO3S/c1-11(14-8-5-9-21-14)15(18)17-13(16(19)20)10-12-6-3-2-4-7-12/h2-9,11,13H,10H2,1H3,(H,17,18)(H,19,20)/t11-,13-/m0/s1. The second-order valence-electron chi connectivity index (χ2n) is 4.83. The highest BCUT2D eigenvalue weighted by molar-refractivity contribution is 7.10. The fourth-order valence-corrected chi connectivity index (χ4v) is 2.80. The number of rotatable bonds is 6. The van der Waals surface area contributed by atoms with Gasteiger partial charge in [-0.15, -0.1) is 11.3 Å². The second-order valence-corrected chi connectivity index (χ2v) is 5.81. The van der Waals surface area contributed by atoms with E-state index in [1.807, 2.05) is 47.8 Å². The Hall–Kier alpha value is -2.14. The van der Waals surface area contributed by atoms with Crippen LogP contribution in [0.15, 0.2) is 47.8 Å². The Morgan fingerprint density at radius 1 is 1.19 bits per heavy atom. The number of thiophene rings is 1. The first-order chi connectivity index (χ1) is 10.1. The first kappa shape index (κ1) is 15.3. The summed E-state index contributed by atoms with van der Waals surface area (Å²) in [4.78, 5) is 24.4. The minimum Gasteiger partial charge on any atom is -0.480 e. The molecular formula is C16H17NO3S. The van der Waals surface area contributed by atoms with E-state index in [1.54, 1.807) is 6.92 Å². The molecular weight excluding hydrogens is 286 g/mol. The largest absolute Gasteiger partial charge is 0.480 e. The van der Waals surface area contributed by atoms with E-state index in [2.05, 4.69) is 5.32 Å². The summed E-state index contributed by atoms with van der Waals surface area (Å²) >= 11 is 1.49. The lowest BCUT2D eigenvalue weighted by Crippen LogP contribution is -2.43. The molecule has 0 bridgehead atoms. The van der Waals surface area contributed by atoms with Gasteiger partial charge in [-0.3, -0.25) is 4.79 Å². The van der Waals surface area contributed by atoms with E-state index in [-0.39, 0.29) is 18.2 Å². The number of amides is 1. The Balaban J connectivity index is 2.03. The maximum Gasteiger partial charge on any atom is 0.326 e. The molecule has 0 spiro atoms. The quantitative estimate of drug-likeness (QED) is 0.862. The van der Waals surface area contributed by atoms with Crippen molar-refractivity contribution >= 4 is 23.2 Å². The molecule has 1 aromatic heterocycles. The highest BCUT2D eigenvalue weighted by atomic mass is 32.1. The molecule has 1 amide bonds. The van der Waals surface area contributed by atoms with Crippen molar-refractivity contribution in [2.24, 2.45) is 0 Å². The molecule has 1 heterocycles. The third-order valence-electron chi connectivity index (χ3n) is 3.26. The van der Waals surface area contributed by atoms with Crippen LogP contribution in [0.5, 0.6) is 0 Å². The van der Waals surface area contributed by atoms with Crippen molar-refractivity contribution in [1.82, 2.24) is 5.32 Å². The lowest BCUT2D eigenvalue weighted by atomic mass is 10.0. The van der Waals surface area contributed by atoms with Crippen molar-refractivity contribution in [3.8, 4) is 0 Å². The molecule has 2 rings (SSSR count). The average Bonchev–Trinajstić information content (AvgIpc) is 3.00. The number of aliphatic carboxylic acids is 1. The number of benzene rings is 1. The fourth-order valence-electron chi connectivity index (χ4n) is 2.01. The summed E-state index contributed by atoms with van der Waals surface area (Å²) in [5.74, 6) is -1.63. The van der Waals surface area contributed by atoms with Gasteiger partial charge in [-0.05, 0) is 23.9 Å². The lowest BCUT2D eigenvalue weighted by molar-refractivity contribution is -0.141. The van der Waals surface area contributed by atoms with Gasteiger partial charge < -0.3 is 10.4 Å². The molecule has 110 valence electrons. The molecule has 21 heavy (non-hydrogen) atoms. The molecule has 0 saturated heterocycles. The van der Waals surface area contributed by atoms with Gasteiger partial charge >= 0.3 is 5.97 Å². The zero-order valence-electron chi connectivity index (χ0n) is 11.7. The van der Waals surface area contributed by atoms with E-state index >= 15 is 0 Å². The topological polar surface area (TPSA) is 66.4 Å². The molecule has 1 aromatic carbocycles. The maximum absolute atomic E-state index is 12.2. The molecule has 4 nitrogen and oxygen atoms in total. The average molecular weight is 303 g/mol. The van der Waals surface area contributed by atoms with Gasteiger partial charge in [0.15, 0.2) is 0 Å². The molecule has 2 N–H and O–H groups in total. The Kier molecular flexibility index (Phi) is 5.11. The van der Waals surface area contributed by atoms with Crippen LogP contribution in [0, 0.1) is 0 Å². The Morgan fingerprint density at radius 3 is 2.48 bits per heavy atom. The summed E-state index contributed by atoms with van der Waals surface area (Å²) in [6.45, 7) is 1.78. The molecule has 0 aliphatic heterocycles. The maximum atomic E-state index is 12.2. The molecule has 0 aliphatic carbocycles. The van der Waals surface area contributed by atoms with E-state index in [9.17, 15) is 14.7 Å². The van der Waals surface area contributed by atoms with Gasteiger partial charge in [-0.1, -0.05) is 36.4 Å². The normalized spacial score (nSPS) is 13.4. The third kappa shape index (κ3) is 4.16.